The van der Waals surface area contributed by atoms with Gasteiger partial charge in [-0.2, -0.15) is 0 Å². The smallest absolute Gasteiger partial charge is 0.134 e. The lowest BCUT2D eigenvalue weighted by atomic mass is 10.1. The second kappa shape index (κ2) is 6.64. The average molecular weight is 298 g/mol. The van der Waals surface area contributed by atoms with Gasteiger partial charge in [0, 0.05) is 25.7 Å². The summed E-state index contributed by atoms with van der Waals surface area (Å²) in [5, 5.41) is 3.36. The molecule has 1 saturated heterocycles. The summed E-state index contributed by atoms with van der Waals surface area (Å²) in [6, 6.07) is 8.26. The van der Waals surface area contributed by atoms with Crippen LogP contribution in [0.1, 0.15) is 24.0 Å². The molecule has 5 nitrogen and oxygen atoms in total. The third kappa shape index (κ3) is 3.30. The van der Waals surface area contributed by atoms with Crippen LogP contribution in [-0.4, -0.2) is 30.2 Å². The monoisotopic (exact) mass is 298 g/mol. The minimum Gasteiger partial charge on any atom is -0.496 e. The summed E-state index contributed by atoms with van der Waals surface area (Å²) in [6.45, 7) is 4.94. The molecule has 1 aliphatic rings. The van der Waals surface area contributed by atoms with Crippen LogP contribution in [-0.2, 0) is 6.54 Å². The molecule has 0 aliphatic carbocycles. The largest absolute Gasteiger partial charge is 0.496 e. The Hall–Kier alpha value is -2.30. The van der Waals surface area contributed by atoms with E-state index in [0.29, 0.717) is 6.54 Å². The molecule has 0 saturated carbocycles. The molecule has 2 heterocycles. The van der Waals surface area contributed by atoms with E-state index in [0.717, 1.165) is 36.0 Å². The third-order valence-corrected chi connectivity index (χ3v) is 4.03. The summed E-state index contributed by atoms with van der Waals surface area (Å²) in [7, 11) is 1.70. The highest BCUT2D eigenvalue weighted by Gasteiger charge is 2.13. The van der Waals surface area contributed by atoms with Gasteiger partial charge in [0.05, 0.1) is 7.11 Å². The van der Waals surface area contributed by atoms with E-state index in [1.165, 1.54) is 18.4 Å². The number of anilines is 2. The normalized spacial score (nSPS) is 14.2. The Morgan fingerprint density at radius 2 is 2.00 bits per heavy atom. The molecule has 5 heteroatoms. The van der Waals surface area contributed by atoms with Crippen LogP contribution in [0.2, 0.25) is 0 Å². The van der Waals surface area contributed by atoms with Gasteiger partial charge in [-0.3, -0.25) is 0 Å². The van der Waals surface area contributed by atoms with E-state index in [4.69, 9.17) is 4.74 Å². The molecule has 1 aliphatic heterocycles. The van der Waals surface area contributed by atoms with Gasteiger partial charge in [-0.15, -0.1) is 0 Å². The Morgan fingerprint density at radius 3 is 2.77 bits per heavy atom. The molecule has 0 radical (unpaired) electrons. The van der Waals surface area contributed by atoms with E-state index in [9.17, 15) is 0 Å². The zero-order valence-electron chi connectivity index (χ0n) is 13.2. The minimum absolute atomic E-state index is 0.715. The van der Waals surface area contributed by atoms with Gasteiger partial charge >= 0.3 is 0 Å². The SMILES string of the molecule is COc1cc(CNc2cc(N3CCCC3)ncn2)ccc1C. The number of benzene rings is 1. The van der Waals surface area contributed by atoms with Crippen molar-refractivity contribution in [1.29, 1.82) is 0 Å². The summed E-state index contributed by atoms with van der Waals surface area (Å²) in [4.78, 5) is 11.0. The molecule has 1 aromatic carbocycles. The highest BCUT2D eigenvalue weighted by Crippen LogP contribution is 2.21. The van der Waals surface area contributed by atoms with E-state index in [1.807, 2.05) is 13.0 Å². The molecule has 0 unspecified atom stereocenters. The molecule has 0 atom stereocenters. The molecule has 22 heavy (non-hydrogen) atoms. The van der Waals surface area contributed by atoms with Crippen molar-refractivity contribution >= 4 is 11.6 Å². The topological polar surface area (TPSA) is 50.3 Å². The molecular formula is C17H22N4O. The van der Waals surface area contributed by atoms with Crippen molar-refractivity contribution < 1.29 is 4.74 Å². The fourth-order valence-corrected chi connectivity index (χ4v) is 2.73. The Labute approximate surface area is 131 Å². The molecule has 0 bridgehead atoms. The maximum absolute atomic E-state index is 5.36. The first-order valence-electron chi connectivity index (χ1n) is 7.70. The molecule has 3 rings (SSSR count). The van der Waals surface area contributed by atoms with Gasteiger partial charge in [0.2, 0.25) is 0 Å². The molecule has 1 N–H and O–H groups in total. The van der Waals surface area contributed by atoms with E-state index >= 15 is 0 Å². The fourth-order valence-electron chi connectivity index (χ4n) is 2.73. The number of aryl methyl sites for hydroxylation is 1. The first-order chi connectivity index (χ1) is 10.8. The van der Waals surface area contributed by atoms with Gasteiger partial charge < -0.3 is 15.0 Å². The van der Waals surface area contributed by atoms with Gasteiger partial charge in [0.1, 0.15) is 23.7 Å². The first kappa shape index (κ1) is 14.6. The van der Waals surface area contributed by atoms with Crippen LogP contribution >= 0.6 is 0 Å². The number of nitrogens with zero attached hydrogens (tertiary/aromatic N) is 3. The second-order valence-electron chi connectivity index (χ2n) is 5.61. The van der Waals surface area contributed by atoms with E-state index in [1.54, 1.807) is 13.4 Å². The summed E-state index contributed by atoms with van der Waals surface area (Å²) in [5.74, 6) is 2.78. The third-order valence-electron chi connectivity index (χ3n) is 4.03. The van der Waals surface area contributed by atoms with E-state index in [-0.39, 0.29) is 0 Å². The summed E-state index contributed by atoms with van der Waals surface area (Å²) in [5.41, 5.74) is 2.31. The highest BCUT2D eigenvalue weighted by molar-refractivity contribution is 5.49. The predicted octanol–water partition coefficient (Wildman–Crippen LogP) is 3.01. The Morgan fingerprint density at radius 1 is 1.18 bits per heavy atom. The van der Waals surface area contributed by atoms with Crippen molar-refractivity contribution in [3.8, 4) is 5.75 Å². The molecular weight excluding hydrogens is 276 g/mol. The number of methoxy groups -OCH3 is 1. The first-order valence-corrected chi connectivity index (χ1v) is 7.70. The van der Waals surface area contributed by atoms with Crippen LogP contribution in [0.4, 0.5) is 11.6 Å². The number of ether oxygens (including phenoxy) is 1. The maximum atomic E-state index is 5.36. The lowest BCUT2D eigenvalue weighted by molar-refractivity contribution is 0.411. The lowest BCUT2D eigenvalue weighted by Crippen LogP contribution is -2.19. The molecule has 116 valence electrons. The Bertz CT molecular complexity index is 638. The van der Waals surface area contributed by atoms with Gasteiger partial charge in [-0.05, 0) is 37.0 Å². The van der Waals surface area contributed by atoms with Crippen LogP contribution in [0.25, 0.3) is 0 Å². The van der Waals surface area contributed by atoms with Crippen molar-refractivity contribution in [3.05, 3.63) is 41.7 Å². The van der Waals surface area contributed by atoms with Crippen LogP contribution < -0.4 is 15.0 Å². The van der Waals surface area contributed by atoms with Gasteiger partial charge in [-0.25, -0.2) is 9.97 Å². The number of aromatic nitrogens is 2. The van der Waals surface area contributed by atoms with Crippen molar-refractivity contribution in [1.82, 2.24) is 9.97 Å². The molecule has 2 aromatic rings. The van der Waals surface area contributed by atoms with Crippen molar-refractivity contribution in [2.75, 3.05) is 30.4 Å². The zero-order chi connectivity index (χ0) is 15.4. The number of hydrogen-bond acceptors (Lipinski definition) is 5. The van der Waals surface area contributed by atoms with Crippen LogP contribution in [0.3, 0.4) is 0 Å². The van der Waals surface area contributed by atoms with Crippen LogP contribution in [0.5, 0.6) is 5.75 Å². The van der Waals surface area contributed by atoms with Crippen LogP contribution in [0.15, 0.2) is 30.6 Å². The summed E-state index contributed by atoms with van der Waals surface area (Å²) < 4.78 is 5.36. The van der Waals surface area contributed by atoms with E-state index < -0.39 is 0 Å². The summed E-state index contributed by atoms with van der Waals surface area (Å²) >= 11 is 0. The molecule has 1 fully saturated rings. The average Bonchev–Trinajstić information content (AvgIpc) is 3.09. The zero-order valence-corrected chi connectivity index (χ0v) is 13.2. The Kier molecular flexibility index (Phi) is 4.42. The number of rotatable bonds is 5. The summed E-state index contributed by atoms with van der Waals surface area (Å²) in [6.07, 6.45) is 4.12. The minimum atomic E-state index is 0.715. The predicted molar refractivity (Wildman–Crippen MR) is 88.5 cm³/mol. The van der Waals surface area contributed by atoms with E-state index in [2.05, 4.69) is 38.4 Å². The number of hydrogen-bond donors (Lipinski definition) is 1. The lowest BCUT2D eigenvalue weighted by Gasteiger charge is -2.16. The van der Waals surface area contributed by atoms with Crippen molar-refractivity contribution in [2.45, 2.75) is 26.3 Å². The Balaban J connectivity index is 1.67. The molecule has 1 aromatic heterocycles. The molecule has 0 spiro atoms. The van der Waals surface area contributed by atoms with Gasteiger partial charge in [-0.1, -0.05) is 12.1 Å². The quantitative estimate of drug-likeness (QED) is 0.919. The van der Waals surface area contributed by atoms with Crippen LogP contribution in [0, 0.1) is 6.92 Å². The standard InChI is InChI=1S/C17H22N4O/c1-13-5-6-14(9-15(13)22-2)11-18-16-10-17(20-12-19-16)21-7-3-4-8-21/h5-6,9-10,12H,3-4,7-8,11H2,1-2H3,(H,18,19,20). The fraction of sp³-hybridized carbons (Fsp3) is 0.412. The maximum Gasteiger partial charge on any atom is 0.134 e. The van der Waals surface area contributed by atoms with Crippen molar-refractivity contribution in [3.63, 3.8) is 0 Å². The number of nitrogens with one attached hydrogen (secondary N) is 1. The van der Waals surface area contributed by atoms with Gasteiger partial charge in [0.15, 0.2) is 0 Å². The van der Waals surface area contributed by atoms with Crippen molar-refractivity contribution in [2.24, 2.45) is 0 Å². The van der Waals surface area contributed by atoms with Gasteiger partial charge in [0.25, 0.3) is 0 Å². The molecule has 0 amide bonds. The highest BCUT2D eigenvalue weighted by atomic mass is 16.5. The second-order valence-corrected chi connectivity index (χ2v) is 5.61.